The topological polar surface area (TPSA) is 88.0 Å². The van der Waals surface area contributed by atoms with Crippen LogP contribution in [0.2, 0.25) is 0 Å². The Labute approximate surface area is 149 Å². The molecule has 2 rings (SSSR count). The zero-order valence-corrected chi connectivity index (χ0v) is 15.8. The fourth-order valence-corrected chi connectivity index (χ4v) is 3.28. The molecule has 2 N–H and O–H groups in total. The maximum atomic E-state index is 12.2. The van der Waals surface area contributed by atoms with Gasteiger partial charge in [-0.1, -0.05) is 22.0 Å². The summed E-state index contributed by atoms with van der Waals surface area (Å²) in [5.41, 5.74) is 2.18. The van der Waals surface area contributed by atoms with Gasteiger partial charge in [-0.15, -0.1) is 0 Å². The van der Waals surface area contributed by atoms with Crippen molar-refractivity contribution in [1.29, 1.82) is 0 Å². The molecular formula is C16H17BrN2O4S. The molecule has 0 bridgehead atoms. The lowest BCUT2D eigenvalue weighted by molar-refractivity contribution is 0.373. The van der Waals surface area contributed by atoms with Crippen LogP contribution in [0.5, 0.6) is 11.5 Å². The van der Waals surface area contributed by atoms with E-state index >= 15 is 0 Å². The molecule has 0 aliphatic carbocycles. The molecule has 0 aromatic heterocycles. The summed E-state index contributed by atoms with van der Waals surface area (Å²) in [6, 6.07) is 8.00. The Morgan fingerprint density at radius 3 is 2.54 bits per heavy atom. The number of aromatic hydroxyl groups is 1. The van der Waals surface area contributed by atoms with E-state index in [2.05, 4.69) is 25.9 Å². The van der Waals surface area contributed by atoms with E-state index in [9.17, 15) is 13.5 Å². The number of ether oxygens (including phenoxy) is 1. The van der Waals surface area contributed by atoms with Crippen LogP contribution < -0.4 is 9.57 Å². The monoisotopic (exact) mass is 412 g/mol. The van der Waals surface area contributed by atoms with Crippen molar-refractivity contribution in [3.63, 3.8) is 0 Å². The predicted octanol–water partition coefficient (Wildman–Crippen LogP) is 3.09. The van der Waals surface area contributed by atoms with Gasteiger partial charge in [-0.3, -0.25) is 0 Å². The van der Waals surface area contributed by atoms with Crippen molar-refractivity contribution in [3.8, 4) is 11.5 Å². The molecule has 0 saturated heterocycles. The SMILES string of the molecule is COc1cc(Br)cc(/C=N/NS(=O)(=O)c2ccc(C)c(C)c2)c1O. The average Bonchev–Trinajstić information content (AvgIpc) is 2.52. The predicted molar refractivity (Wildman–Crippen MR) is 96.2 cm³/mol. The maximum Gasteiger partial charge on any atom is 0.276 e. The van der Waals surface area contributed by atoms with Gasteiger partial charge in [0.25, 0.3) is 10.0 Å². The Bertz CT molecular complexity index is 895. The number of methoxy groups -OCH3 is 1. The van der Waals surface area contributed by atoms with Gasteiger partial charge < -0.3 is 9.84 Å². The molecule has 0 fully saturated rings. The molecule has 0 radical (unpaired) electrons. The highest BCUT2D eigenvalue weighted by Crippen LogP contribution is 2.32. The Morgan fingerprint density at radius 2 is 1.92 bits per heavy atom. The van der Waals surface area contributed by atoms with Crippen molar-refractivity contribution in [2.75, 3.05) is 7.11 Å². The molecule has 0 atom stereocenters. The van der Waals surface area contributed by atoms with E-state index in [1.54, 1.807) is 24.3 Å². The van der Waals surface area contributed by atoms with Gasteiger partial charge in [0, 0.05) is 10.0 Å². The second-order valence-corrected chi connectivity index (χ2v) is 7.72. The van der Waals surface area contributed by atoms with Crippen LogP contribution in [0.1, 0.15) is 16.7 Å². The van der Waals surface area contributed by atoms with Crippen molar-refractivity contribution < 1.29 is 18.3 Å². The summed E-state index contributed by atoms with van der Waals surface area (Å²) in [6.07, 6.45) is 1.21. The average molecular weight is 413 g/mol. The summed E-state index contributed by atoms with van der Waals surface area (Å²) in [7, 11) is -2.36. The van der Waals surface area contributed by atoms with Gasteiger partial charge in [0.15, 0.2) is 11.5 Å². The number of benzene rings is 2. The zero-order chi connectivity index (χ0) is 17.9. The quantitative estimate of drug-likeness (QED) is 0.583. The first-order valence-corrected chi connectivity index (χ1v) is 9.21. The van der Waals surface area contributed by atoms with E-state index < -0.39 is 10.0 Å². The molecule has 0 aliphatic rings. The maximum absolute atomic E-state index is 12.2. The van der Waals surface area contributed by atoms with Crippen LogP contribution in [0, 0.1) is 13.8 Å². The molecular weight excluding hydrogens is 396 g/mol. The number of rotatable bonds is 5. The lowest BCUT2D eigenvalue weighted by Crippen LogP contribution is -2.18. The lowest BCUT2D eigenvalue weighted by atomic mass is 10.1. The number of sulfonamides is 1. The summed E-state index contributed by atoms with van der Waals surface area (Å²) in [5, 5.41) is 13.7. The molecule has 0 saturated carbocycles. The van der Waals surface area contributed by atoms with Crippen LogP contribution in [0.25, 0.3) is 0 Å². The molecule has 6 nitrogen and oxygen atoms in total. The summed E-state index contributed by atoms with van der Waals surface area (Å²) >= 11 is 3.28. The largest absolute Gasteiger partial charge is 0.504 e. The highest BCUT2D eigenvalue weighted by Gasteiger charge is 2.14. The molecule has 128 valence electrons. The first-order valence-electron chi connectivity index (χ1n) is 6.93. The molecule has 0 aliphatic heterocycles. The van der Waals surface area contributed by atoms with Gasteiger partial charge in [-0.25, -0.2) is 4.83 Å². The third kappa shape index (κ3) is 4.07. The number of aryl methyl sites for hydroxylation is 2. The third-order valence-electron chi connectivity index (χ3n) is 3.45. The van der Waals surface area contributed by atoms with E-state index in [0.29, 0.717) is 10.0 Å². The van der Waals surface area contributed by atoms with Crippen molar-refractivity contribution in [3.05, 3.63) is 51.5 Å². The fourth-order valence-electron chi connectivity index (χ4n) is 1.95. The van der Waals surface area contributed by atoms with Gasteiger partial charge in [-0.05, 0) is 49.2 Å². The van der Waals surface area contributed by atoms with Crippen LogP contribution in [-0.4, -0.2) is 26.8 Å². The van der Waals surface area contributed by atoms with E-state index in [-0.39, 0.29) is 16.4 Å². The second kappa shape index (κ2) is 7.23. The standard InChI is InChI=1S/C16H17BrN2O4S/c1-10-4-5-14(6-11(10)2)24(21,22)19-18-9-12-7-13(17)8-15(23-3)16(12)20/h4-9,19-20H,1-3H3/b18-9+. The summed E-state index contributed by atoms with van der Waals surface area (Å²) in [6.45, 7) is 3.74. The molecule has 8 heteroatoms. The van der Waals surface area contributed by atoms with Crippen LogP contribution >= 0.6 is 15.9 Å². The zero-order valence-electron chi connectivity index (χ0n) is 13.4. The highest BCUT2D eigenvalue weighted by molar-refractivity contribution is 9.10. The van der Waals surface area contributed by atoms with Crippen molar-refractivity contribution >= 4 is 32.2 Å². The second-order valence-electron chi connectivity index (χ2n) is 5.14. The van der Waals surface area contributed by atoms with Crippen LogP contribution in [0.3, 0.4) is 0 Å². The van der Waals surface area contributed by atoms with Gasteiger partial charge in [-0.2, -0.15) is 13.5 Å². The summed E-state index contributed by atoms with van der Waals surface area (Å²) in [4.78, 5) is 2.25. The number of hydrogen-bond donors (Lipinski definition) is 2. The Morgan fingerprint density at radius 1 is 1.21 bits per heavy atom. The molecule has 2 aromatic rings. The molecule has 2 aromatic carbocycles. The fraction of sp³-hybridized carbons (Fsp3) is 0.188. The van der Waals surface area contributed by atoms with Crippen molar-refractivity contribution in [2.45, 2.75) is 18.7 Å². The van der Waals surface area contributed by atoms with Crippen LogP contribution in [-0.2, 0) is 10.0 Å². The van der Waals surface area contributed by atoms with E-state index in [1.165, 1.54) is 19.4 Å². The first-order chi connectivity index (χ1) is 11.2. The summed E-state index contributed by atoms with van der Waals surface area (Å²) in [5.74, 6) is 0.123. The molecule has 0 heterocycles. The first kappa shape index (κ1) is 18.3. The molecule has 24 heavy (non-hydrogen) atoms. The van der Waals surface area contributed by atoms with E-state index in [4.69, 9.17) is 4.74 Å². The Balaban J connectivity index is 2.25. The van der Waals surface area contributed by atoms with Gasteiger partial charge in [0.2, 0.25) is 0 Å². The van der Waals surface area contributed by atoms with Crippen molar-refractivity contribution in [1.82, 2.24) is 4.83 Å². The Hall–Kier alpha value is -2.06. The van der Waals surface area contributed by atoms with Gasteiger partial charge in [0.1, 0.15) is 0 Å². The molecule has 0 spiro atoms. The summed E-state index contributed by atoms with van der Waals surface area (Å²) < 4.78 is 30.2. The smallest absolute Gasteiger partial charge is 0.276 e. The number of phenolic OH excluding ortho intramolecular Hbond substituents is 1. The minimum Gasteiger partial charge on any atom is -0.504 e. The normalized spacial score (nSPS) is 11.7. The number of hydrazone groups is 1. The minimum absolute atomic E-state index is 0.124. The number of hydrogen-bond acceptors (Lipinski definition) is 5. The molecule has 0 amide bonds. The Kier molecular flexibility index (Phi) is 5.51. The number of halogens is 1. The van der Waals surface area contributed by atoms with Gasteiger partial charge >= 0.3 is 0 Å². The highest BCUT2D eigenvalue weighted by atomic mass is 79.9. The van der Waals surface area contributed by atoms with E-state index in [1.807, 2.05) is 13.8 Å². The van der Waals surface area contributed by atoms with E-state index in [0.717, 1.165) is 11.1 Å². The number of nitrogens with one attached hydrogen (secondary N) is 1. The number of nitrogens with zero attached hydrogens (tertiary/aromatic N) is 1. The van der Waals surface area contributed by atoms with Crippen LogP contribution in [0.15, 0.2) is 44.8 Å². The minimum atomic E-state index is -3.78. The lowest BCUT2D eigenvalue weighted by Gasteiger charge is -2.08. The van der Waals surface area contributed by atoms with Crippen molar-refractivity contribution in [2.24, 2.45) is 5.10 Å². The number of phenols is 1. The van der Waals surface area contributed by atoms with Gasteiger partial charge in [0.05, 0.1) is 18.2 Å². The third-order valence-corrected chi connectivity index (χ3v) is 5.13. The van der Waals surface area contributed by atoms with Crippen LogP contribution in [0.4, 0.5) is 0 Å². The molecule has 0 unspecified atom stereocenters.